The van der Waals surface area contributed by atoms with Crippen molar-refractivity contribution in [3.8, 4) is 22.5 Å². The lowest BCUT2D eigenvalue weighted by molar-refractivity contribution is 0.401. The Hall–Kier alpha value is -3.69. The third kappa shape index (κ3) is 4.34. The molecule has 0 atom stereocenters. The molecule has 0 fully saturated rings. The van der Waals surface area contributed by atoms with Crippen molar-refractivity contribution < 1.29 is 0 Å². The molecule has 0 N–H and O–H groups in total. The van der Waals surface area contributed by atoms with Crippen LogP contribution in [-0.2, 0) is 0 Å². The molecule has 4 aromatic rings. The zero-order valence-electron chi connectivity index (χ0n) is 19.1. The number of hydrogen-bond donors (Lipinski definition) is 0. The molecule has 0 unspecified atom stereocenters. The van der Waals surface area contributed by atoms with Crippen molar-refractivity contribution in [1.82, 2.24) is 19.3 Å². The standard InChI is InChI=1S/C26H28N6/c1-19-7-9-21(10-8-19)24-23(20-11-13-22(27-2)14-12-20)29-26(25-28-15-18-32(24)25)31(5)17-6-16-30(3)4/h7-15,18H,6,16-17H2,1,3-5H3. The Bertz CT molecular complexity index is 1250. The highest BCUT2D eigenvalue weighted by Gasteiger charge is 2.20. The number of nitrogens with zero attached hydrogens (tertiary/aromatic N) is 6. The van der Waals surface area contributed by atoms with Crippen LogP contribution < -0.4 is 4.90 Å². The van der Waals surface area contributed by atoms with Gasteiger partial charge in [-0.3, -0.25) is 4.40 Å². The molecule has 2 aromatic carbocycles. The maximum Gasteiger partial charge on any atom is 0.187 e. The molecule has 0 saturated carbocycles. The fraction of sp³-hybridized carbons (Fsp3) is 0.269. The molecule has 0 amide bonds. The second-order valence-electron chi connectivity index (χ2n) is 8.36. The SMILES string of the molecule is [C-]#[N+]c1ccc(-c2nc(N(C)CCCN(C)C)c3nccn3c2-c2ccc(C)cc2)cc1. The Morgan fingerprint density at radius 1 is 0.938 bits per heavy atom. The van der Waals surface area contributed by atoms with Gasteiger partial charge in [-0.05, 0) is 39.5 Å². The number of benzene rings is 2. The minimum Gasteiger partial charge on any atom is -0.357 e. The number of aryl methyl sites for hydroxylation is 1. The average Bonchev–Trinajstić information content (AvgIpc) is 3.28. The van der Waals surface area contributed by atoms with Crippen LogP contribution in [0.4, 0.5) is 11.5 Å². The first-order valence-electron chi connectivity index (χ1n) is 10.8. The molecule has 0 aliphatic carbocycles. The molecule has 2 heterocycles. The smallest absolute Gasteiger partial charge is 0.187 e. The first kappa shape index (κ1) is 21.5. The number of aromatic nitrogens is 3. The predicted molar refractivity (Wildman–Crippen MR) is 131 cm³/mol. The van der Waals surface area contributed by atoms with Gasteiger partial charge in [0.1, 0.15) is 0 Å². The van der Waals surface area contributed by atoms with E-state index in [2.05, 4.69) is 76.4 Å². The minimum atomic E-state index is 0.621. The van der Waals surface area contributed by atoms with Crippen LogP contribution in [0.5, 0.6) is 0 Å². The van der Waals surface area contributed by atoms with Gasteiger partial charge in [0.15, 0.2) is 17.2 Å². The molecule has 4 rings (SSSR count). The van der Waals surface area contributed by atoms with Crippen LogP contribution in [0.1, 0.15) is 12.0 Å². The average molecular weight is 425 g/mol. The summed E-state index contributed by atoms with van der Waals surface area (Å²) in [5.41, 5.74) is 6.61. The lowest BCUT2D eigenvalue weighted by Crippen LogP contribution is -2.25. The topological polar surface area (TPSA) is 41.0 Å². The third-order valence-electron chi connectivity index (χ3n) is 5.58. The zero-order chi connectivity index (χ0) is 22.7. The monoisotopic (exact) mass is 424 g/mol. The normalized spacial score (nSPS) is 11.1. The lowest BCUT2D eigenvalue weighted by atomic mass is 10.0. The molecule has 0 radical (unpaired) electrons. The molecular weight excluding hydrogens is 396 g/mol. The van der Waals surface area contributed by atoms with Gasteiger partial charge < -0.3 is 9.80 Å². The summed E-state index contributed by atoms with van der Waals surface area (Å²) in [6.07, 6.45) is 4.87. The van der Waals surface area contributed by atoms with Crippen molar-refractivity contribution in [1.29, 1.82) is 0 Å². The van der Waals surface area contributed by atoms with Crippen LogP contribution in [0.3, 0.4) is 0 Å². The highest BCUT2D eigenvalue weighted by Crippen LogP contribution is 2.35. The molecule has 0 aliphatic heterocycles. The fourth-order valence-corrected chi connectivity index (χ4v) is 3.84. The van der Waals surface area contributed by atoms with Crippen molar-refractivity contribution in [3.05, 3.63) is 77.9 Å². The summed E-state index contributed by atoms with van der Waals surface area (Å²) in [5, 5.41) is 0. The number of fused-ring (bicyclic) bond motifs is 1. The Kier molecular flexibility index (Phi) is 6.20. The van der Waals surface area contributed by atoms with E-state index in [1.807, 2.05) is 36.7 Å². The molecule has 0 spiro atoms. The number of hydrogen-bond acceptors (Lipinski definition) is 4. The molecule has 0 aliphatic rings. The van der Waals surface area contributed by atoms with Gasteiger partial charge in [0.2, 0.25) is 0 Å². The third-order valence-corrected chi connectivity index (χ3v) is 5.58. The van der Waals surface area contributed by atoms with Gasteiger partial charge in [0, 0.05) is 31.5 Å². The van der Waals surface area contributed by atoms with Crippen LogP contribution in [0.15, 0.2) is 60.9 Å². The van der Waals surface area contributed by atoms with Crippen LogP contribution in [0, 0.1) is 13.5 Å². The van der Waals surface area contributed by atoms with Crippen molar-refractivity contribution in [2.75, 3.05) is 39.1 Å². The fourth-order valence-electron chi connectivity index (χ4n) is 3.84. The van der Waals surface area contributed by atoms with Crippen molar-refractivity contribution in [2.45, 2.75) is 13.3 Å². The summed E-state index contributed by atoms with van der Waals surface area (Å²) < 4.78 is 2.13. The summed E-state index contributed by atoms with van der Waals surface area (Å²) >= 11 is 0. The van der Waals surface area contributed by atoms with E-state index in [1.165, 1.54) is 5.56 Å². The molecule has 6 heteroatoms. The van der Waals surface area contributed by atoms with Crippen LogP contribution in [0.25, 0.3) is 33.0 Å². The van der Waals surface area contributed by atoms with E-state index in [0.717, 1.165) is 53.5 Å². The van der Waals surface area contributed by atoms with E-state index >= 15 is 0 Å². The van der Waals surface area contributed by atoms with Gasteiger partial charge >= 0.3 is 0 Å². The minimum absolute atomic E-state index is 0.621. The van der Waals surface area contributed by atoms with Gasteiger partial charge in [-0.2, -0.15) is 0 Å². The van der Waals surface area contributed by atoms with Crippen LogP contribution in [-0.4, -0.2) is 53.5 Å². The van der Waals surface area contributed by atoms with Crippen molar-refractivity contribution in [2.24, 2.45) is 0 Å². The number of rotatable bonds is 7. The lowest BCUT2D eigenvalue weighted by Gasteiger charge is -2.23. The van der Waals surface area contributed by atoms with E-state index in [0.29, 0.717) is 5.69 Å². The summed E-state index contributed by atoms with van der Waals surface area (Å²) in [6, 6.07) is 16.1. The van der Waals surface area contributed by atoms with Gasteiger partial charge in [-0.15, -0.1) is 0 Å². The first-order chi connectivity index (χ1) is 15.5. The van der Waals surface area contributed by atoms with E-state index in [9.17, 15) is 0 Å². The predicted octanol–water partition coefficient (Wildman–Crippen LogP) is 5.31. The molecule has 0 bridgehead atoms. The van der Waals surface area contributed by atoms with Gasteiger partial charge in [0.25, 0.3) is 0 Å². The van der Waals surface area contributed by atoms with E-state index < -0.39 is 0 Å². The molecule has 6 nitrogen and oxygen atoms in total. The summed E-state index contributed by atoms with van der Waals surface area (Å²) in [4.78, 5) is 17.7. The maximum atomic E-state index is 7.27. The summed E-state index contributed by atoms with van der Waals surface area (Å²) in [7, 11) is 6.25. The van der Waals surface area contributed by atoms with Crippen molar-refractivity contribution in [3.63, 3.8) is 0 Å². The van der Waals surface area contributed by atoms with E-state index in [1.54, 1.807) is 0 Å². The largest absolute Gasteiger partial charge is 0.357 e. The molecule has 32 heavy (non-hydrogen) atoms. The Balaban J connectivity index is 1.90. The second-order valence-corrected chi connectivity index (χ2v) is 8.36. The first-order valence-corrected chi connectivity index (χ1v) is 10.8. The number of imidazole rings is 1. The van der Waals surface area contributed by atoms with E-state index in [-0.39, 0.29) is 0 Å². The quantitative estimate of drug-likeness (QED) is 0.377. The highest BCUT2D eigenvalue weighted by molar-refractivity contribution is 5.84. The summed E-state index contributed by atoms with van der Waals surface area (Å²) in [6.45, 7) is 11.3. The Labute approximate surface area is 189 Å². The zero-order valence-corrected chi connectivity index (χ0v) is 19.1. The van der Waals surface area contributed by atoms with Gasteiger partial charge in [-0.25, -0.2) is 14.8 Å². The maximum absolute atomic E-state index is 7.27. The Morgan fingerprint density at radius 3 is 2.28 bits per heavy atom. The van der Waals surface area contributed by atoms with Crippen molar-refractivity contribution >= 4 is 17.2 Å². The van der Waals surface area contributed by atoms with E-state index in [4.69, 9.17) is 11.6 Å². The van der Waals surface area contributed by atoms with Gasteiger partial charge in [0.05, 0.1) is 18.0 Å². The summed E-state index contributed by atoms with van der Waals surface area (Å²) in [5.74, 6) is 0.855. The Morgan fingerprint density at radius 2 is 1.62 bits per heavy atom. The number of anilines is 1. The second kappa shape index (κ2) is 9.21. The van der Waals surface area contributed by atoms with Crippen LogP contribution in [0.2, 0.25) is 0 Å². The highest BCUT2D eigenvalue weighted by atomic mass is 15.2. The molecule has 0 saturated heterocycles. The molecule has 2 aromatic heterocycles. The van der Waals surface area contributed by atoms with Crippen LogP contribution >= 0.6 is 0 Å². The molecule has 162 valence electrons. The molecular formula is C26H28N6. The van der Waals surface area contributed by atoms with Gasteiger partial charge in [-0.1, -0.05) is 54.1 Å².